The SMILES string of the molecule is CC(C)c1ccc(C2CC2C(=O)N(C)C2CCNC2)cc1.Cl. The van der Waals surface area contributed by atoms with Crippen molar-refractivity contribution in [2.24, 2.45) is 5.92 Å². The van der Waals surface area contributed by atoms with Gasteiger partial charge < -0.3 is 10.2 Å². The molecule has 1 saturated heterocycles. The lowest BCUT2D eigenvalue weighted by atomic mass is 10.00. The molecule has 0 radical (unpaired) electrons. The van der Waals surface area contributed by atoms with Crippen LogP contribution in [0.15, 0.2) is 24.3 Å². The van der Waals surface area contributed by atoms with Gasteiger partial charge in [0, 0.05) is 25.6 Å². The van der Waals surface area contributed by atoms with Crippen LogP contribution >= 0.6 is 12.4 Å². The average molecular weight is 323 g/mol. The highest BCUT2D eigenvalue weighted by Gasteiger charge is 2.46. The molecular formula is C18H27ClN2O. The Kier molecular flexibility index (Phi) is 5.51. The molecule has 122 valence electrons. The second-order valence-electron chi connectivity index (χ2n) is 6.87. The van der Waals surface area contributed by atoms with E-state index in [9.17, 15) is 4.79 Å². The number of hydrogen-bond acceptors (Lipinski definition) is 2. The van der Waals surface area contributed by atoms with Gasteiger partial charge in [-0.05, 0) is 42.3 Å². The van der Waals surface area contributed by atoms with E-state index in [0.29, 0.717) is 23.8 Å². The van der Waals surface area contributed by atoms with Gasteiger partial charge in [-0.3, -0.25) is 4.79 Å². The van der Waals surface area contributed by atoms with E-state index in [2.05, 4.69) is 43.4 Å². The molecule has 1 aromatic rings. The number of carbonyl (C=O) groups excluding carboxylic acids is 1. The quantitative estimate of drug-likeness (QED) is 0.923. The zero-order valence-electron chi connectivity index (χ0n) is 13.7. The Morgan fingerprint density at radius 1 is 1.27 bits per heavy atom. The van der Waals surface area contributed by atoms with E-state index >= 15 is 0 Å². The smallest absolute Gasteiger partial charge is 0.226 e. The number of halogens is 1. The summed E-state index contributed by atoms with van der Waals surface area (Å²) in [6, 6.07) is 9.24. The summed E-state index contributed by atoms with van der Waals surface area (Å²) in [6.45, 7) is 6.40. The normalized spacial score (nSPS) is 26.6. The maximum Gasteiger partial charge on any atom is 0.226 e. The summed E-state index contributed by atoms with van der Waals surface area (Å²) in [4.78, 5) is 14.5. The van der Waals surface area contributed by atoms with Crippen LogP contribution in [0, 0.1) is 5.92 Å². The average Bonchev–Trinajstić information content (AvgIpc) is 3.10. The summed E-state index contributed by atoms with van der Waals surface area (Å²) in [7, 11) is 1.97. The first kappa shape index (κ1) is 17.3. The van der Waals surface area contributed by atoms with Crippen LogP contribution < -0.4 is 5.32 Å². The Labute approximate surface area is 139 Å². The van der Waals surface area contributed by atoms with Crippen LogP contribution in [0.25, 0.3) is 0 Å². The summed E-state index contributed by atoms with van der Waals surface area (Å²) in [6.07, 6.45) is 2.10. The van der Waals surface area contributed by atoms with Crippen LogP contribution in [0.4, 0.5) is 0 Å². The van der Waals surface area contributed by atoms with E-state index in [1.54, 1.807) is 0 Å². The molecule has 1 aliphatic heterocycles. The Balaban J connectivity index is 0.00000176. The van der Waals surface area contributed by atoms with Crippen molar-refractivity contribution in [1.29, 1.82) is 0 Å². The van der Waals surface area contributed by atoms with Gasteiger partial charge >= 0.3 is 0 Å². The van der Waals surface area contributed by atoms with Gasteiger partial charge in [-0.2, -0.15) is 0 Å². The molecule has 1 aliphatic carbocycles. The van der Waals surface area contributed by atoms with Crippen LogP contribution in [0.3, 0.4) is 0 Å². The van der Waals surface area contributed by atoms with Gasteiger partial charge in [0.1, 0.15) is 0 Å². The van der Waals surface area contributed by atoms with E-state index in [1.807, 2.05) is 11.9 Å². The zero-order chi connectivity index (χ0) is 15.0. The van der Waals surface area contributed by atoms with Crippen LogP contribution in [-0.4, -0.2) is 37.0 Å². The molecule has 1 amide bonds. The molecule has 3 unspecified atom stereocenters. The minimum Gasteiger partial charge on any atom is -0.341 e. The van der Waals surface area contributed by atoms with E-state index in [4.69, 9.17) is 0 Å². The number of amides is 1. The van der Waals surface area contributed by atoms with Crippen LogP contribution in [0.1, 0.15) is 49.7 Å². The Morgan fingerprint density at radius 3 is 2.50 bits per heavy atom. The van der Waals surface area contributed by atoms with Gasteiger partial charge in [-0.25, -0.2) is 0 Å². The lowest BCUT2D eigenvalue weighted by Gasteiger charge is -2.24. The lowest BCUT2D eigenvalue weighted by molar-refractivity contribution is -0.133. The molecule has 1 aromatic carbocycles. The minimum absolute atomic E-state index is 0. The van der Waals surface area contributed by atoms with E-state index in [0.717, 1.165) is 25.9 Å². The van der Waals surface area contributed by atoms with Gasteiger partial charge in [0.2, 0.25) is 5.91 Å². The molecule has 2 aliphatic rings. The van der Waals surface area contributed by atoms with Crippen molar-refractivity contribution in [1.82, 2.24) is 10.2 Å². The molecule has 4 heteroatoms. The molecule has 0 bridgehead atoms. The number of likely N-dealkylation sites (N-methyl/N-ethyl adjacent to an activating group) is 1. The zero-order valence-corrected chi connectivity index (χ0v) is 14.5. The van der Waals surface area contributed by atoms with Crippen molar-refractivity contribution in [3.63, 3.8) is 0 Å². The Bertz CT molecular complexity index is 508. The van der Waals surface area contributed by atoms with Gasteiger partial charge in [-0.1, -0.05) is 38.1 Å². The lowest BCUT2D eigenvalue weighted by Crippen LogP contribution is -2.39. The third kappa shape index (κ3) is 3.47. The van der Waals surface area contributed by atoms with Crippen LogP contribution in [0.5, 0.6) is 0 Å². The first-order valence-electron chi connectivity index (χ1n) is 8.15. The maximum atomic E-state index is 12.5. The first-order chi connectivity index (χ1) is 10.1. The number of benzene rings is 1. The molecule has 22 heavy (non-hydrogen) atoms. The largest absolute Gasteiger partial charge is 0.341 e. The fourth-order valence-electron chi connectivity index (χ4n) is 3.38. The van der Waals surface area contributed by atoms with Crippen molar-refractivity contribution in [2.75, 3.05) is 20.1 Å². The third-order valence-electron chi connectivity index (χ3n) is 5.07. The van der Waals surface area contributed by atoms with Crippen molar-refractivity contribution in [2.45, 2.75) is 44.6 Å². The van der Waals surface area contributed by atoms with Crippen molar-refractivity contribution >= 4 is 18.3 Å². The fraction of sp³-hybridized carbons (Fsp3) is 0.611. The molecule has 1 saturated carbocycles. The fourth-order valence-corrected chi connectivity index (χ4v) is 3.38. The standard InChI is InChI=1S/C18H26N2O.ClH/c1-12(2)13-4-6-14(7-5-13)16-10-17(16)18(21)20(3)15-8-9-19-11-15;/h4-7,12,15-17,19H,8-11H2,1-3H3;1H. The first-order valence-corrected chi connectivity index (χ1v) is 8.15. The summed E-state index contributed by atoms with van der Waals surface area (Å²) in [5.74, 6) is 1.55. The van der Waals surface area contributed by atoms with E-state index < -0.39 is 0 Å². The highest BCUT2D eigenvalue weighted by molar-refractivity contribution is 5.85. The van der Waals surface area contributed by atoms with Crippen molar-refractivity contribution < 1.29 is 4.79 Å². The molecule has 0 aromatic heterocycles. The molecule has 3 rings (SSSR count). The highest BCUT2D eigenvalue weighted by Crippen LogP contribution is 2.48. The second-order valence-corrected chi connectivity index (χ2v) is 6.87. The third-order valence-corrected chi connectivity index (χ3v) is 5.07. The van der Waals surface area contributed by atoms with Crippen molar-refractivity contribution in [3.05, 3.63) is 35.4 Å². The predicted molar refractivity (Wildman–Crippen MR) is 92.7 cm³/mol. The molecule has 3 nitrogen and oxygen atoms in total. The topological polar surface area (TPSA) is 32.3 Å². The predicted octanol–water partition coefficient (Wildman–Crippen LogP) is 3.16. The van der Waals surface area contributed by atoms with Crippen LogP contribution in [-0.2, 0) is 4.79 Å². The van der Waals surface area contributed by atoms with Gasteiger partial charge in [-0.15, -0.1) is 12.4 Å². The minimum atomic E-state index is 0. The van der Waals surface area contributed by atoms with E-state index in [-0.39, 0.29) is 18.3 Å². The molecule has 3 atom stereocenters. The molecule has 0 spiro atoms. The molecular weight excluding hydrogens is 296 g/mol. The van der Waals surface area contributed by atoms with Gasteiger partial charge in [0.25, 0.3) is 0 Å². The maximum absolute atomic E-state index is 12.5. The number of nitrogens with zero attached hydrogens (tertiary/aromatic N) is 1. The molecule has 2 fully saturated rings. The number of rotatable bonds is 4. The summed E-state index contributed by atoms with van der Waals surface area (Å²) >= 11 is 0. The summed E-state index contributed by atoms with van der Waals surface area (Å²) in [5, 5.41) is 3.33. The monoisotopic (exact) mass is 322 g/mol. The molecule has 1 N–H and O–H groups in total. The van der Waals surface area contributed by atoms with E-state index in [1.165, 1.54) is 11.1 Å². The number of nitrogens with one attached hydrogen (secondary N) is 1. The Hall–Kier alpha value is -1.06. The highest BCUT2D eigenvalue weighted by atomic mass is 35.5. The Morgan fingerprint density at radius 2 is 1.95 bits per heavy atom. The number of hydrogen-bond donors (Lipinski definition) is 1. The van der Waals surface area contributed by atoms with Gasteiger partial charge in [0.05, 0.1) is 0 Å². The second kappa shape index (κ2) is 7.01. The van der Waals surface area contributed by atoms with Crippen molar-refractivity contribution in [3.8, 4) is 0 Å². The summed E-state index contributed by atoms with van der Waals surface area (Å²) in [5.41, 5.74) is 2.70. The number of carbonyl (C=O) groups is 1. The van der Waals surface area contributed by atoms with Gasteiger partial charge in [0.15, 0.2) is 0 Å². The summed E-state index contributed by atoms with van der Waals surface area (Å²) < 4.78 is 0. The molecule has 1 heterocycles. The van der Waals surface area contributed by atoms with Crippen LogP contribution in [0.2, 0.25) is 0 Å².